The second-order valence-corrected chi connectivity index (χ2v) is 11.9. The Hall–Kier alpha value is -6.26. The van der Waals surface area contributed by atoms with Gasteiger partial charge in [0.1, 0.15) is 11.2 Å². The van der Waals surface area contributed by atoms with Crippen molar-refractivity contribution in [2.75, 3.05) is 0 Å². The average molecular weight is 588 g/mol. The molecular weight excluding hydrogens is 562 g/mol. The molecule has 0 aliphatic carbocycles. The first-order valence-corrected chi connectivity index (χ1v) is 15.5. The molecule has 0 radical (unpaired) electrons. The molecule has 0 aliphatic heterocycles. The third-order valence-electron chi connectivity index (χ3n) is 9.30. The molecule has 0 bridgehead atoms. The molecule has 214 valence electrons. The van der Waals surface area contributed by atoms with Crippen molar-refractivity contribution in [1.82, 2.24) is 14.6 Å². The maximum Gasteiger partial charge on any atom is 0.169 e. The normalized spacial score (nSPS) is 11.9. The first-order chi connectivity index (χ1) is 22.8. The number of rotatable bonds is 3. The van der Waals surface area contributed by atoms with Gasteiger partial charge in [-0.2, -0.15) is 0 Å². The molecule has 0 unspecified atom stereocenters. The van der Waals surface area contributed by atoms with Crippen LogP contribution in [0.1, 0.15) is 0 Å². The zero-order chi connectivity index (χ0) is 30.2. The number of furan rings is 1. The number of hydrogen-bond donors (Lipinski definition) is 0. The van der Waals surface area contributed by atoms with Gasteiger partial charge in [0.05, 0.1) is 5.52 Å². The molecule has 3 aromatic heterocycles. The third-order valence-corrected chi connectivity index (χ3v) is 9.30. The Morgan fingerprint density at radius 3 is 2.00 bits per heavy atom. The van der Waals surface area contributed by atoms with Gasteiger partial charge in [0.25, 0.3) is 0 Å². The van der Waals surface area contributed by atoms with Gasteiger partial charge in [-0.25, -0.2) is 0 Å². The number of para-hydroxylation sites is 2. The molecule has 10 rings (SSSR count). The summed E-state index contributed by atoms with van der Waals surface area (Å²) in [5, 5.41) is 17.6. The highest BCUT2D eigenvalue weighted by Crippen LogP contribution is 2.38. The van der Waals surface area contributed by atoms with Crippen LogP contribution in [-0.4, -0.2) is 14.6 Å². The SMILES string of the molecule is c1ccc2cc(-c3ccc4c(c3)c3ccccc3c3nnc(-c5ccc(-c6cccc7c6oc6ccccc67)cc5)n43)ccc2c1. The zero-order valence-corrected chi connectivity index (χ0v) is 24.7. The van der Waals surface area contributed by atoms with Crippen LogP contribution in [0, 0.1) is 0 Å². The van der Waals surface area contributed by atoms with E-state index in [-0.39, 0.29) is 0 Å². The van der Waals surface area contributed by atoms with Crippen molar-refractivity contribution in [3.63, 3.8) is 0 Å². The third kappa shape index (κ3) is 3.67. The summed E-state index contributed by atoms with van der Waals surface area (Å²) < 4.78 is 8.53. The standard InChI is InChI=1S/C42H25N3O/c1-2-9-29-24-30(21-16-26(29)8-1)31-22-23-38-37(25-31)33-10-3-4-12-36(33)42-44-43-41(45(38)42)28-19-17-27(18-20-28)32-13-7-14-35-34-11-5-6-15-39(34)46-40(32)35/h1-25H. The molecule has 4 nitrogen and oxygen atoms in total. The monoisotopic (exact) mass is 587 g/mol. The van der Waals surface area contributed by atoms with Crippen LogP contribution in [0.25, 0.3) is 93.7 Å². The fraction of sp³-hybridized carbons (Fsp3) is 0. The Morgan fingerprint density at radius 2 is 1.11 bits per heavy atom. The van der Waals surface area contributed by atoms with E-state index in [0.29, 0.717) is 0 Å². The Labute approximate surface area is 263 Å². The maximum absolute atomic E-state index is 6.32. The van der Waals surface area contributed by atoms with Gasteiger partial charge < -0.3 is 4.42 Å². The van der Waals surface area contributed by atoms with Crippen molar-refractivity contribution in [2.45, 2.75) is 0 Å². The minimum absolute atomic E-state index is 0.817. The fourth-order valence-electron chi connectivity index (χ4n) is 7.06. The lowest BCUT2D eigenvalue weighted by Crippen LogP contribution is -1.95. The van der Waals surface area contributed by atoms with E-state index in [1.54, 1.807) is 0 Å². The summed E-state index contributed by atoms with van der Waals surface area (Å²) in [6.45, 7) is 0. The van der Waals surface area contributed by atoms with Gasteiger partial charge in [-0.05, 0) is 57.1 Å². The molecule has 4 heteroatoms. The molecule has 46 heavy (non-hydrogen) atoms. The van der Waals surface area contributed by atoms with Crippen molar-refractivity contribution in [3.8, 4) is 33.6 Å². The van der Waals surface area contributed by atoms with Crippen molar-refractivity contribution in [3.05, 3.63) is 152 Å². The van der Waals surface area contributed by atoms with Gasteiger partial charge in [-0.1, -0.05) is 127 Å². The van der Waals surface area contributed by atoms with Gasteiger partial charge in [0.15, 0.2) is 11.5 Å². The summed E-state index contributed by atoms with van der Waals surface area (Å²) in [5.41, 5.74) is 9.29. The summed E-state index contributed by atoms with van der Waals surface area (Å²) in [4.78, 5) is 0. The van der Waals surface area contributed by atoms with E-state index in [0.717, 1.165) is 61.0 Å². The summed E-state index contributed by atoms with van der Waals surface area (Å²) in [6.07, 6.45) is 0. The number of nitrogens with zero attached hydrogens (tertiary/aromatic N) is 3. The molecule has 0 saturated heterocycles. The van der Waals surface area contributed by atoms with Crippen LogP contribution in [-0.2, 0) is 0 Å². The van der Waals surface area contributed by atoms with Gasteiger partial charge in [-0.15, -0.1) is 10.2 Å². The van der Waals surface area contributed by atoms with Crippen LogP contribution >= 0.6 is 0 Å². The minimum atomic E-state index is 0.817. The summed E-state index contributed by atoms with van der Waals surface area (Å²) >= 11 is 0. The number of fused-ring (bicyclic) bond motifs is 10. The predicted octanol–water partition coefficient (Wildman–Crippen LogP) is 11.1. The number of hydrogen-bond acceptors (Lipinski definition) is 3. The molecule has 0 aliphatic rings. The Kier molecular flexibility index (Phi) is 5.25. The van der Waals surface area contributed by atoms with Crippen LogP contribution in [0.2, 0.25) is 0 Å². The van der Waals surface area contributed by atoms with Crippen LogP contribution in [0.5, 0.6) is 0 Å². The molecule has 0 amide bonds. The van der Waals surface area contributed by atoms with E-state index in [2.05, 4.69) is 144 Å². The van der Waals surface area contributed by atoms with E-state index in [1.165, 1.54) is 32.7 Å². The lowest BCUT2D eigenvalue weighted by molar-refractivity contribution is 0.670. The molecule has 0 atom stereocenters. The van der Waals surface area contributed by atoms with Gasteiger partial charge in [0.2, 0.25) is 0 Å². The molecule has 3 heterocycles. The largest absolute Gasteiger partial charge is 0.455 e. The Balaban J connectivity index is 1.14. The Bertz CT molecular complexity index is 2810. The van der Waals surface area contributed by atoms with Crippen molar-refractivity contribution >= 4 is 60.0 Å². The van der Waals surface area contributed by atoms with E-state index >= 15 is 0 Å². The lowest BCUT2D eigenvalue weighted by atomic mass is 9.97. The molecule has 0 N–H and O–H groups in total. The van der Waals surface area contributed by atoms with E-state index < -0.39 is 0 Å². The molecule has 10 aromatic rings. The van der Waals surface area contributed by atoms with Gasteiger partial charge in [0, 0.05) is 32.7 Å². The van der Waals surface area contributed by atoms with E-state index in [4.69, 9.17) is 14.6 Å². The van der Waals surface area contributed by atoms with Crippen LogP contribution in [0.3, 0.4) is 0 Å². The van der Waals surface area contributed by atoms with Crippen molar-refractivity contribution in [1.29, 1.82) is 0 Å². The molecule has 7 aromatic carbocycles. The topological polar surface area (TPSA) is 43.3 Å². The maximum atomic E-state index is 6.32. The molecule has 0 fully saturated rings. The van der Waals surface area contributed by atoms with Crippen LogP contribution < -0.4 is 0 Å². The van der Waals surface area contributed by atoms with Crippen LogP contribution in [0.4, 0.5) is 0 Å². The number of benzene rings is 7. The zero-order valence-electron chi connectivity index (χ0n) is 24.7. The Morgan fingerprint density at radius 1 is 0.435 bits per heavy atom. The quantitative estimate of drug-likeness (QED) is 0.193. The first kappa shape index (κ1) is 25.1. The first-order valence-electron chi connectivity index (χ1n) is 15.5. The number of aromatic nitrogens is 3. The van der Waals surface area contributed by atoms with Gasteiger partial charge in [-0.3, -0.25) is 4.40 Å². The summed E-state index contributed by atoms with van der Waals surface area (Å²) in [7, 11) is 0. The summed E-state index contributed by atoms with van der Waals surface area (Å²) in [6, 6.07) is 53.5. The second kappa shape index (κ2) is 9.62. The smallest absolute Gasteiger partial charge is 0.169 e. The molecule has 0 spiro atoms. The van der Waals surface area contributed by atoms with Crippen LogP contribution in [0.15, 0.2) is 156 Å². The number of pyridine rings is 1. The van der Waals surface area contributed by atoms with E-state index in [1.807, 2.05) is 12.1 Å². The predicted molar refractivity (Wildman–Crippen MR) is 189 cm³/mol. The van der Waals surface area contributed by atoms with E-state index in [9.17, 15) is 0 Å². The molecule has 0 saturated carbocycles. The fourth-order valence-corrected chi connectivity index (χ4v) is 7.06. The minimum Gasteiger partial charge on any atom is -0.455 e. The summed E-state index contributed by atoms with van der Waals surface area (Å²) in [5.74, 6) is 0.817. The van der Waals surface area contributed by atoms with Crippen molar-refractivity contribution in [2.24, 2.45) is 0 Å². The highest BCUT2D eigenvalue weighted by Gasteiger charge is 2.17. The second-order valence-electron chi connectivity index (χ2n) is 11.9. The highest BCUT2D eigenvalue weighted by molar-refractivity contribution is 6.13. The lowest BCUT2D eigenvalue weighted by Gasteiger charge is -2.12. The average Bonchev–Trinajstić information content (AvgIpc) is 3.74. The highest BCUT2D eigenvalue weighted by atomic mass is 16.3. The van der Waals surface area contributed by atoms with Crippen molar-refractivity contribution < 1.29 is 4.42 Å². The van der Waals surface area contributed by atoms with Gasteiger partial charge >= 0.3 is 0 Å². The molecular formula is C42H25N3O.